The average molecular weight is 949 g/mol. The van der Waals surface area contributed by atoms with Crippen LogP contribution in [0.15, 0.2) is 194 Å². The first kappa shape index (κ1) is 43.4. The summed E-state index contributed by atoms with van der Waals surface area (Å²) >= 11 is 0. The number of para-hydroxylation sites is 2. The number of rotatable bonds is 7. The zero-order valence-electron chi connectivity index (χ0n) is 36.8. The Morgan fingerprint density at radius 2 is 0.704 bits per heavy atom. The van der Waals surface area contributed by atoms with Gasteiger partial charge < -0.3 is 9.13 Å². The second-order valence-electron chi connectivity index (χ2n) is 17.1. The van der Waals surface area contributed by atoms with Crippen LogP contribution in [0.2, 0.25) is 0 Å². The molecule has 0 radical (unpaired) electrons. The van der Waals surface area contributed by atoms with Gasteiger partial charge in [0.05, 0.1) is 56.0 Å². The summed E-state index contributed by atoms with van der Waals surface area (Å²) in [5, 5.41) is 2.17. The molecule has 12 heteroatoms. The minimum atomic E-state index is -5.10. The van der Waals surface area contributed by atoms with E-state index in [2.05, 4.69) is 9.97 Å². The highest BCUT2D eigenvalue weighted by Crippen LogP contribution is 2.48. The molecule has 12 aromatic rings. The Morgan fingerprint density at radius 1 is 0.324 bits per heavy atom. The van der Waals surface area contributed by atoms with Crippen molar-refractivity contribution in [2.75, 3.05) is 0 Å². The molecular weight excluding hydrogens is 917 g/mol. The molecule has 4 heterocycles. The van der Waals surface area contributed by atoms with Gasteiger partial charge in [-0.1, -0.05) is 121 Å². The van der Waals surface area contributed by atoms with E-state index in [0.29, 0.717) is 78.4 Å². The van der Waals surface area contributed by atoms with Gasteiger partial charge in [-0.15, -0.1) is 0 Å². The van der Waals surface area contributed by atoms with Crippen molar-refractivity contribution in [3.63, 3.8) is 0 Å². The van der Waals surface area contributed by atoms with Gasteiger partial charge in [-0.3, -0.25) is 9.97 Å². The number of hydrogen-bond donors (Lipinski definition) is 0. The second kappa shape index (κ2) is 16.7. The number of alkyl halides is 3. The molecular formula is C59H32F8N4. The maximum atomic E-state index is 16.9. The smallest absolute Gasteiger partial charge is 0.308 e. The molecule has 0 aliphatic rings. The van der Waals surface area contributed by atoms with Gasteiger partial charge in [-0.05, 0) is 82.9 Å². The summed E-state index contributed by atoms with van der Waals surface area (Å²) in [7, 11) is 0. The van der Waals surface area contributed by atoms with E-state index >= 15 is 35.1 Å². The van der Waals surface area contributed by atoms with E-state index in [9.17, 15) is 0 Å². The Balaban J connectivity index is 1.21. The Hall–Kier alpha value is -8.90. The Morgan fingerprint density at radius 3 is 1.14 bits per heavy atom. The van der Waals surface area contributed by atoms with Crippen molar-refractivity contribution in [2.24, 2.45) is 0 Å². The lowest BCUT2D eigenvalue weighted by molar-refractivity contribution is -0.137. The predicted molar refractivity (Wildman–Crippen MR) is 263 cm³/mol. The van der Waals surface area contributed by atoms with Crippen molar-refractivity contribution in [1.82, 2.24) is 19.1 Å². The summed E-state index contributed by atoms with van der Waals surface area (Å²) in [6.07, 6.45) is -1.83. The van der Waals surface area contributed by atoms with Crippen LogP contribution in [-0.2, 0) is 6.18 Å². The van der Waals surface area contributed by atoms with Gasteiger partial charge in [-0.2, -0.15) is 13.2 Å². The molecule has 0 amide bonds. The number of benzene rings is 8. The van der Waals surface area contributed by atoms with E-state index < -0.39 is 63.3 Å². The van der Waals surface area contributed by atoms with Crippen LogP contribution >= 0.6 is 0 Å². The van der Waals surface area contributed by atoms with Crippen molar-refractivity contribution in [2.45, 2.75) is 6.18 Å². The highest BCUT2D eigenvalue weighted by atomic mass is 19.4. The molecule has 0 N–H and O–H groups in total. The van der Waals surface area contributed by atoms with E-state index in [-0.39, 0.29) is 11.0 Å². The molecule has 12 rings (SSSR count). The summed E-state index contributed by atoms with van der Waals surface area (Å²) in [6, 6.07) is 51.8. The van der Waals surface area contributed by atoms with Crippen molar-refractivity contribution in [3.05, 3.63) is 229 Å². The summed E-state index contributed by atoms with van der Waals surface area (Å²) < 4.78 is 130. The molecule has 0 unspecified atom stereocenters. The van der Waals surface area contributed by atoms with E-state index in [1.54, 1.807) is 97.3 Å². The average Bonchev–Trinajstić information content (AvgIpc) is 3.92. The highest BCUT2D eigenvalue weighted by Gasteiger charge is 2.37. The minimum absolute atomic E-state index is 0.286. The first-order chi connectivity index (χ1) is 34.4. The standard InChI is InChI=1S/C59H32F8N4/c60-54-53(55(61)57(63)58(64)56(54)62)52-50(70-46-17-9-7-15-40(46)42-21-19-35(29-48(42)70)37-23-25-68-44(27-37)33-11-3-1-4-12-33)31-39(59(65,66)67)32-51(52)71-47-18-10-8-16-41(47)43-22-20-36(30-49(43)71)38-24-26-69-45(28-38)34-13-5-2-6-14-34/h1-32H. The number of hydrogen-bond acceptors (Lipinski definition) is 2. The number of halogens is 8. The van der Waals surface area contributed by atoms with Crippen LogP contribution in [0.5, 0.6) is 0 Å². The SMILES string of the molecule is Fc1c(F)c(F)c(-c2c(-n3c4ccccc4c4ccc(-c5ccnc(-c6ccccc6)c5)cc43)cc(C(F)(F)F)cc2-n2c3ccccc3c3ccc(-c4ccnc(-c5ccccc5)c4)cc32)c(F)c1F. The second-order valence-corrected chi connectivity index (χ2v) is 17.1. The van der Waals surface area contributed by atoms with Gasteiger partial charge in [0.15, 0.2) is 23.3 Å². The summed E-state index contributed by atoms with van der Waals surface area (Å²) in [5.74, 6) is -11.4. The first-order valence-corrected chi connectivity index (χ1v) is 22.3. The van der Waals surface area contributed by atoms with E-state index in [1.807, 2.05) is 84.9 Å². The Kier molecular flexibility index (Phi) is 10.2. The molecule has 0 aliphatic heterocycles. The van der Waals surface area contributed by atoms with Crippen molar-refractivity contribution in [3.8, 4) is 67.3 Å². The normalized spacial score (nSPS) is 11.9. The zero-order valence-corrected chi connectivity index (χ0v) is 36.8. The fraction of sp³-hybridized carbons (Fsp3) is 0.0169. The number of fused-ring (bicyclic) bond motifs is 6. The van der Waals surface area contributed by atoms with Crippen molar-refractivity contribution in [1.29, 1.82) is 0 Å². The third-order valence-electron chi connectivity index (χ3n) is 13.0. The number of aromatic nitrogens is 4. The van der Waals surface area contributed by atoms with Crippen molar-refractivity contribution < 1.29 is 35.1 Å². The van der Waals surface area contributed by atoms with E-state index in [1.165, 1.54) is 9.13 Å². The zero-order chi connectivity index (χ0) is 48.7. The van der Waals surface area contributed by atoms with Crippen LogP contribution < -0.4 is 0 Å². The lowest BCUT2D eigenvalue weighted by Gasteiger charge is -2.23. The van der Waals surface area contributed by atoms with Gasteiger partial charge in [0.25, 0.3) is 0 Å². The van der Waals surface area contributed by atoms with Crippen LogP contribution in [0, 0.1) is 29.1 Å². The third kappa shape index (κ3) is 7.12. The Bertz CT molecular complexity index is 3850. The molecule has 0 fully saturated rings. The molecule has 0 aliphatic carbocycles. The fourth-order valence-electron chi connectivity index (χ4n) is 9.78. The van der Waals surface area contributed by atoms with Crippen LogP contribution in [-0.4, -0.2) is 19.1 Å². The third-order valence-corrected chi connectivity index (χ3v) is 13.0. The van der Waals surface area contributed by atoms with Gasteiger partial charge in [0, 0.05) is 50.6 Å². The van der Waals surface area contributed by atoms with Crippen LogP contribution in [0.1, 0.15) is 5.56 Å². The minimum Gasteiger partial charge on any atom is -0.308 e. The molecule has 4 aromatic heterocycles. The molecule has 0 spiro atoms. The lowest BCUT2D eigenvalue weighted by Crippen LogP contribution is -2.13. The molecule has 344 valence electrons. The summed E-state index contributed by atoms with van der Waals surface area (Å²) in [6.45, 7) is 0. The molecule has 4 nitrogen and oxygen atoms in total. The number of pyridine rings is 2. The molecule has 0 atom stereocenters. The molecule has 0 saturated heterocycles. The van der Waals surface area contributed by atoms with Crippen LogP contribution in [0.25, 0.3) is 111 Å². The topological polar surface area (TPSA) is 35.6 Å². The van der Waals surface area contributed by atoms with E-state index in [4.69, 9.17) is 0 Å². The highest BCUT2D eigenvalue weighted by molar-refractivity contribution is 6.13. The molecule has 0 bridgehead atoms. The van der Waals surface area contributed by atoms with Crippen LogP contribution in [0.3, 0.4) is 0 Å². The van der Waals surface area contributed by atoms with Gasteiger partial charge in [0.2, 0.25) is 5.82 Å². The first-order valence-electron chi connectivity index (χ1n) is 22.3. The maximum Gasteiger partial charge on any atom is 0.416 e. The Labute approximate surface area is 399 Å². The molecule has 0 saturated carbocycles. The lowest BCUT2D eigenvalue weighted by atomic mass is 9.95. The molecule has 8 aromatic carbocycles. The van der Waals surface area contributed by atoms with Gasteiger partial charge >= 0.3 is 6.18 Å². The number of nitrogens with zero attached hydrogens (tertiary/aromatic N) is 4. The monoisotopic (exact) mass is 948 g/mol. The fourth-order valence-corrected chi connectivity index (χ4v) is 9.78. The van der Waals surface area contributed by atoms with Gasteiger partial charge in [0.1, 0.15) is 0 Å². The maximum absolute atomic E-state index is 16.9. The van der Waals surface area contributed by atoms with Crippen molar-refractivity contribution >= 4 is 43.6 Å². The molecule has 71 heavy (non-hydrogen) atoms. The van der Waals surface area contributed by atoms with Crippen LogP contribution in [0.4, 0.5) is 35.1 Å². The van der Waals surface area contributed by atoms with Gasteiger partial charge in [-0.25, -0.2) is 22.0 Å². The van der Waals surface area contributed by atoms with E-state index in [0.717, 1.165) is 11.1 Å². The summed E-state index contributed by atoms with van der Waals surface area (Å²) in [4.78, 5) is 9.10. The predicted octanol–water partition coefficient (Wildman–Crippen LogP) is 16.7. The summed E-state index contributed by atoms with van der Waals surface area (Å²) in [5.41, 5.74) is 2.39. The largest absolute Gasteiger partial charge is 0.416 e. The quantitative estimate of drug-likeness (QED) is 0.0907.